The summed E-state index contributed by atoms with van der Waals surface area (Å²) in [4.78, 5) is 19.0. The minimum absolute atomic E-state index is 0.0783. The first kappa shape index (κ1) is 20.4. The Hall–Kier alpha value is -3.90. The highest BCUT2D eigenvalue weighted by Crippen LogP contribution is 2.31. The number of hydrogen-bond acceptors (Lipinski definition) is 7. The normalized spacial score (nSPS) is 18.4. The first-order valence-electron chi connectivity index (χ1n) is 9.81. The fourth-order valence-electron chi connectivity index (χ4n) is 3.64. The molecular weight excluding hydrogens is 396 g/mol. The van der Waals surface area contributed by atoms with Gasteiger partial charge < -0.3 is 19.9 Å². The summed E-state index contributed by atoms with van der Waals surface area (Å²) in [7, 11) is 3.57. The van der Waals surface area contributed by atoms with Gasteiger partial charge in [-0.2, -0.15) is 10.2 Å². The molecule has 0 bridgehead atoms. The molecule has 9 nitrogen and oxygen atoms in total. The Morgan fingerprint density at radius 2 is 2.10 bits per heavy atom. The number of benzene rings is 2. The highest BCUT2D eigenvalue weighted by molar-refractivity contribution is 5.89. The lowest BCUT2D eigenvalue weighted by atomic mass is 10.1. The van der Waals surface area contributed by atoms with Crippen LogP contribution in [0.2, 0.25) is 0 Å². The number of likely N-dealkylation sites (tertiary alicyclic amines) is 1. The van der Waals surface area contributed by atoms with Crippen LogP contribution in [-0.2, 0) is 0 Å². The fourth-order valence-corrected chi connectivity index (χ4v) is 3.64. The van der Waals surface area contributed by atoms with Crippen molar-refractivity contribution < 1.29 is 14.1 Å². The Kier molecular flexibility index (Phi) is 5.82. The van der Waals surface area contributed by atoms with Crippen molar-refractivity contribution in [3.63, 3.8) is 0 Å². The number of nitriles is 1. The average Bonchev–Trinajstić information content (AvgIpc) is 3.40. The van der Waals surface area contributed by atoms with E-state index in [0.717, 1.165) is 11.3 Å². The third-order valence-corrected chi connectivity index (χ3v) is 5.21. The molecule has 3 aromatic rings. The summed E-state index contributed by atoms with van der Waals surface area (Å²) >= 11 is 0. The van der Waals surface area contributed by atoms with Crippen LogP contribution in [0.15, 0.2) is 53.1 Å². The van der Waals surface area contributed by atoms with E-state index in [0.29, 0.717) is 35.9 Å². The number of anilines is 1. The second-order valence-corrected chi connectivity index (χ2v) is 7.36. The van der Waals surface area contributed by atoms with E-state index < -0.39 is 0 Å². The SMILES string of the molecule is COc1ccc(-c2noc(C3CC(NC(=O)Nc4cccc(C#N)c4)CN3C)n2)cc1. The molecule has 2 heterocycles. The molecule has 31 heavy (non-hydrogen) atoms. The van der Waals surface area contributed by atoms with E-state index in [2.05, 4.69) is 31.7 Å². The lowest BCUT2D eigenvalue weighted by Gasteiger charge is -2.14. The summed E-state index contributed by atoms with van der Waals surface area (Å²) in [6.07, 6.45) is 0.645. The van der Waals surface area contributed by atoms with Crippen LogP contribution in [0.25, 0.3) is 11.4 Å². The highest BCUT2D eigenvalue weighted by atomic mass is 16.5. The standard InChI is InChI=1S/C22H22N6O3/c1-28-13-17(25-22(29)24-16-5-3-4-14(10-16)12-23)11-19(28)21-26-20(27-31-21)15-6-8-18(30-2)9-7-15/h3-10,17,19H,11,13H2,1-2H3,(H2,24,25,29). The van der Waals surface area contributed by atoms with E-state index >= 15 is 0 Å². The van der Waals surface area contributed by atoms with Gasteiger partial charge in [0.1, 0.15) is 5.75 Å². The smallest absolute Gasteiger partial charge is 0.319 e. The largest absolute Gasteiger partial charge is 0.497 e. The van der Waals surface area contributed by atoms with Crippen molar-refractivity contribution in [3.05, 3.63) is 60.0 Å². The number of carbonyl (C=O) groups excluding carboxylic acids is 1. The molecule has 0 saturated carbocycles. The zero-order valence-corrected chi connectivity index (χ0v) is 17.2. The number of likely N-dealkylation sites (N-methyl/N-ethyl adjacent to an activating group) is 1. The fraction of sp³-hybridized carbons (Fsp3) is 0.273. The zero-order chi connectivity index (χ0) is 21.8. The number of amides is 2. The van der Waals surface area contributed by atoms with Gasteiger partial charge in [-0.15, -0.1) is 0 Å². The van der Waals surface area contributed by atoms with E-state index in [1.165, 1.54) is 0 Å². The molecule has 2 amide bonds. The van der Waals surface area contributed by atoms with Crippen molar-refractivity contribution in [2.75, 3.05) is 26.0 Å². The van der Waals surface area contributed by atoms with Crippen molar-refractivity contribution in [2.24, 2.45) is 0 Å². The van der Waals surface area contributed by atoms with Crippen LogP contribution in [0, 0.1) is 11.3 Å². The monoisotopic (exact) mass is 418 g/mol. The third kappa shape index (κ3) is 4.65. The molecule has 2 atom stereocenters. The van der Waals surface area contributed by atoms with Crippen molar-refractivity contribution in [1.29, 1.82) is 5.26 Å². The number of nitrogens with one attached hydrogen (secondary N) is 2. The number of rotatable bonds is 5. The topological polar surface area (TPSA) is 116 Å². The van der Waals surface area contributed by atoms with Crippen molar-refractivity contribution in [1.82, 2.24) is 20.4 Å². The van der Waals surface area contributed by atoms with Crippen LogP contribution in [-0.4, -0.2) is 47.8 Å². The molecular formula is C22H22N6O3. The number of methoxy groups -OCH3 is 1. The molecule has 0 radical (unpaired) electrons. The minimum Gasteiger partial charge on any atom is -0.497 e. The van der Waals surface area contributed by atoms with Gasteiger partial charge in [0, 0.05) is 23.8 Å². The molecule has 1 fully saturated rings. The van der Waals surface area contributed by atoms with Gasteiger partial charge in [-0.25, -0.2) is 4.79 Å². The highest BCUT2D eigenvalue weighted by Gasteiger charge is 2.35. The van der Waals surface area contributed by atoms with Crippen LogP contribution >= 0.6 is 0 Å². The lowest BCUT2D eigenvalue weighted by molar-refractivity contribution is 0.243. The van der Waals surface area contributed by atoms with Crippen LogP contribution < -0.4 is 15.4 Å². The van der Waals surface area contributed by atoms with Gasteiger partial charge in [0.15, 0.2) is 0 Å². The van der Waals surface area contributed by atoms with Gasteiger partial charge >= 0.3 is 6.03 Å². The number of ether oxygens (including phenoxy) is 1. The predicted molar refractivity (Wildman–Crippen MR) is 113 cm³/mol. The maximum Gasteiger partial charge on any atom is 0.319 e. The predicted octanol–water partition coefficient (Wildman–Crippen LogP) is 3.18. The van der Waals surface area contributed by atoms with Crippen molar-refractivity contribution in [2.45, 2.75) is 18.5 Å². The van der Waals surface area contributed by atoms with Crippen LogP contribution in [0.3, 0.4) is 0 Å². The molecule has 9 heteroatoms. The van der Waals surface area contributed by atoms with Crippen LogP contribution in [0.4, 0.5) is 10.5 Å². The summed E-state index contributed by atoms with van der Waals surface area (Å²) < 4.78 is 10.7. The maximum atomic E-state index is 12.4. The Labute approximate surface area is 179 Å². The molecule has 158 valence electrons. The number of hydrogen-bond donors (Lipinski definition) is 2. The molecule has 1 aliphatic rings. The third-order valence-electron chi connectivity index (χ3n) is 5.21. The van der Waals surface area contributed by atoms with E-state index in [4.69, 9.17) is 14.5 Å². The zero-order valence-electron chi connectivity index (χ0n) is 17.2. The van der Waals surface area contributed by atoms with Gasteiger partial charge in [0.25, 0.3) is 0 Å². The molecule has 1 saturated heterocycles. The summed E-state index contributed by atoms with van der Waals surface area (Å²) in [5.74, 6) is 1.78. The molecule has 4 rings (SSSR count). The molecule has 1 aliphatic heterocycles. The lowest BCUT2D eigenvalue weighted by Crippen LogP contribution is -2.39. The molecule has 0 aliphatic carbocycles. The van der Waals surface area contributed by atoms with Crippen LogP contribution in [0.1, 0.15) is 23.9 Å². The number of aromatic nitrogens is 2. The number of nitrogens with zero attached hydrogens (tertiary/aromatic N) is 4. The first-order valence-corrected chi connectivity index (χ1v) is 9.81. The average molecular weight is 418 g/mol. The van der Waals surface area contributed by atoms with Gasteiger partial charge in [-0.05, 0) is 55.9 Å². The van der Waals surface area contributed by atoms with Crippen molar-refractivity contribution in [3.8, 4) is 23.2 Å². The minimum atomic E-state index is -0.321. The summed E-state index contributed by atoms with van der Waals surface area (Å²) in [6, 6.07) is 15.8. The second kappa shape index (κ2) is 8.85. The molecule has 2 aromatic carbocycles. The van der Waals surface area contributed by atoms with Gasteiger partial charge in [-0.3, -0.25) is 4.90 Å². The van der Waals surface area contributed by atoms with E-state index in [1.807, 2.05) is 31.3 Å². The number of carbonyl (C=O) groups is 1. The van der Waals surface area contributed by atoms with Gasteiger partial charge in [0.05, 0.1) is 24.8 Å². The Morgan fingerprint density at radius 3 is 2.84 bits per heavy atom. The molecule has 0 spiro atoms. The van der Waals surface area contributed by atoms with Crippen LogP contribution in [0.5, 0.6) is 5.75 Å². The molecule has 2 unspecified atom stereocenters. The van der Waals surface area contributed by atoms with E-state index in [-0.39, 0.29) is 18.1 Å². The summed E-state index contributed by atoms with van der Waals surface area (Å²) in [6.45, 7) is 0.649. The van der Waals surface area contributed by atoms with E-state index in [9.17, 15) is 4.79 Å². The second-order valence-electron chi connectivity index (χ2n) is 7.36. The maximum absolute atomic E-state index is 12.4. The molecule has 1 aromatic heterocycles. The molecule has 2 N–H and O–H groups in total. The summed E-state index contributed by atoms with van der Waals surface area (Å²) in [5, 5.41) is 18.8. The Balaban J connectivity index is 1.38. The quantitative estimate of drug-likeness (QED) is 0.654. The van der Waals surface area contributed by atoms with Gasteiger partial charge in [0.2, 0.25) is 11.7 Å². The van der Waals surface area contributed by atoms with Crippen molar-refractivity contribution >= 4 is 11.7 Å². The van der Waals surface area contributed by atoms with Gasteiger partial charge in [-0.1, -0.05) is 11.2 Å². The Morgan fingerprint density at radius 1 is 1.29 bits per heavy atom. The van der Waals surface area contributed by atoms with E-state index in [1.54, 1.807) is 31.4 Å². The number of urea groups is 1. The first-order chi connectivity index (χ1) is 15.1. The summed E-state index contributed by atoms with van der Waals surface area (Å²) in [5.41, 5.74) is 1.90. The Bertz CT molecular complexity index is 1100.